The van der Waals surface area contributed by atoms with Gasteiger partial charge in [-0.2, -0.15) is 5.26 Å². The molecule has 150 valence electrons. The molecule has 0 fully saturated rings. The van der Waals surface area contributed by atoms with Crippen LogP contribution in [0.1, 0.15) is 65.0 Å². The van der Waals surface area contributed by atoms with Gasteiger partial charge in [0.15, 0.2) is 11.7 Å². The molecular weight excluding hydrogens is 352 g/mol. The summed E-state index contributed by atoms with van der Waals surface area (Å²) in [7, 11) is 0. The van der Waals surface area contributed by atoms with Crippen LogP contribution in [0.25, 0.3) is 11.0 Å². The van der Waals surface area contributed by atoms with E-state index in [1.165, 1.54) is 0 Å². The molecule has 1 aromatic carbocycles. The molecule has 0 spiro atoms. The van der Waals surface area contributed by atoms with E-state index in [9.17, 15) is 10.1 Å². The van der Waals surface area contributed by atoms with E-state index in [0.717, 1.165) is 44.3 Å². The Morgan fingerprint density at radius 2 is 1.68 bits per heavy atom. The van der Waals surface area contributed by atoms with Gasteiger partial charge in [0, 0.05) is 13.1 Å². The van der Waals surface area contributed by atoms with Crippen LogP contribution in [0.2, 0.25) is 0 Å². The maximum atomic E-state index is 12.6. The summed E-state index contributed by atoms with van der Waals surface area (Å²) in [6.07, 6.45) is 3.82. The molecule has 1 unspecified atom stereocenters. The van der Waals surface area contributed by atoms with Crippen LogP contribution in [-0.2, 0) is 9.53 Å². The summed E-state index contributed by atoms with van der Waals surface area (Å²) in [6.45, 7) is 9.45. The number of anilines is 1. The van der Waals surface area contributed by atoms with Gasteiger partial charge in [0.1, 0.15) is 5.69 Å². The van der Waals surface area contributed by atoms with E-state index in [1.807, 2.05) is 24.3 Å². The van der Waals surface area contributed by atoms with Crippen molar-refractivity contribution >= 4 is 22.8 Å². The van der Waals surface area contributed by atoms with E-state index in [-0.39, 0.29) is 6.10 Å². The van der Waals surface area contributed by atoms with Gasteiger partial charge in [0.25, 0.3) is 0 Å². The highest BCUT2D eigenvalue weighted by atomic mass is 16.5. The quantitative estimate of drug-likeness (QED) is 0.559. The number of carbonyl (C=O) groups excluding carboxylic acids is 1. The summed E-state index contributed by atoms with van der Waals surface area (Å²) < 4.78 is 5.32. The fraction of sp³-hybridized carbons (Fsp3) is 0.545. The van der Waals surface area contributed by atoms with Crippen molar-refractivity contribution in [3.63, 3.8) is 0 Å². The van der Waals surface area contributed by atoms with Gasteiger partial charge >= 0.3 is 5.97 Å². The molecule has 2 aromatic rings. The van der Waals surface area contributed by atoms with Crippen molar-refractivity contribution < 1.29 is 9.53 Å². The maximum absolute atomic E-state index is 12.6. The first-order valence-corrected chi connectivity index (χ1v) is 10.1. The monoisotopic (exact) mass is 382 g/mol. The van der Waals surface area contributed by atoms with Crippen LogP contribution < -0.4 is 4.90 Å². The molecule has 2 rings (SSSR count). The molecule has 6 heteroatoms. The second-order valence-corrected chi connectivity index (χ2v) is 7.16. The third-order valence-corrected chi connectivity index (χ3v) is 4.43. The molecule has 0 amide bonds. The molecule has 0 aliphatic rings. The average molecular weight is 383 g/mol. The maximum Gasteiger partial charge on any atom is 0.329 e. The van der Waals surface area contributed by atoms with Crippen LogP contribution in [0, 0.1) is 11.3 Å². The fourth-order valence-electron chi connectivity index (χ4n) is 2.98. The van der Waals surface area contributed by atoms with Gasteiger partial charge < -0.3 is 9.64 Å². The number of ether oxygens (including phenoxy) is 1. The van der Waals surface area contributed by atoms with Crippen molar-refractivity contribution in [2.45, 2.75) is 65.4 Å². The summed E-state index contributed by atoms with van der Waals surface area (Å²) in [5, 5.41) is 9.76. The van der Waals surface area contributed by atoms with Gasteiger partial charge in [-0.25, -0.2) is 9.97 Å². The molecule has 28 heavy (non-hydrogen) atoms. The second kappa shape index (κ2) is 10.6. The normalized spacial score (nSPS) is 12.0. The molecule has 0 saturated heterocycles. The van der Waals surface area contributed by atoms with Gasteiger partial charge in [0.05, 0.1) is 23.2 Å². The number of hydrogen-bond acceptors (Lipinski definition) is 6. The van der Waals surface area contributed by atoms with Crippen LogP contribution in [-0.4, -0.2) is 35.1 Å². The van der Waals surface area contributed by atoms with E-state index in [0.29, 0.717) is 17.0 Å². The van der Waals surface area contributed by atoms with Gasteiger partial charge in [-0.15, -0.1) is 0 Å². The number of esters is 1. The summed E-state index contributed by atoms with van der Waals surface area (Å²) in [5.74, 6) is -1.05. The van der Waals surface area contributed by atoms with Crippen LogP contribution in [0.5, 0.6) is 0 Å². The Kier molecular flexibility index (Phi) is 8.19. The molecule has 1 aromatic heterocycles. The minimum atomic E-state index is -1.10. The molecule has 1 atom stereocenters. The summed E-state index contributed by atoms with van der Waals surface area (Å²) in [4.78, 5) is 24.3. The van der Waals surface area contributed by atoms with E-state index in [2.05, 4.69) is 29.8 Å². The first-order chi connectivity index (χ1) is 13.5. The summed E-state index contributed by atoms with van der Waals surface area (Å²) in [5.41, 5.74) is 1.82. The molecular formula is C22H30N4O2. The lowest BCUT2D eigenvalue weighted by molar-refractivity contribution is -0.147. The zero-order chi connectivity index (χ0) is 20.5. The SMILES string of the molecule is CCCCN(CCCC)c1nc2ccccc2nc1C(C#N)C(=O)OC(C)C. The van der Waals surface area contributed by atoms with Crippen molar-refractivity contribution in [2.75, 3.05) is 18.0 Å². The highest BCUT2D eigenvalue weighted by Crippen LogP contribution is 2.28. The smallest absolute Gasteiger partial charge is 0.329 e. The van der Waals surface area contributed by atoms with E-state index >= 15 is 0 Å². The van der Waals surface area contributed by atoms with Crippen molar-refractivity contribution in [2.24, 2.45) is 0 Å². The van der Waals surface area contributed by atoms with Gasteiger partial charge in [-0.3, -0.25) is 4.79 Å². The van der Waals surface area contributed by atoms with E-state index < -0.39 is 11.9 Å². The van der Waals surface area contributed by atoms with E-state index in [1.54, 1.807) is 13.8 Å². The average Bonchev–Trinajstić information content (AvgIpc) is 2.68. The largest absolute Gasteiger partial charge is 0.462 e. The topological polar surface area (TPSA) is 79.1 Å². The lowest BCUT2D eigenvalue weighted by atomic mass is 10.1. The molecule has 0 aliphatic heterocycles. The molecule has 0 aliphatic carbocycles. The zero-order valence-corrected chi connectivity index (χ0v) is 17.3. The van der Waals surface area contributed by atoms with E-state index in [4.69, 9.17) is 9.72 Å². The van der Waals surface area contributed by atoms with Gasteiger partial charge in [-0.05, 0) is 38.8 Å². The molecule has 0 radical (unpaired) electrons. The lowest BCUT2D eigenvalue weighted by Crippen LogP contribution is -2.30. The molecule has 1 heterocycles. The highest BCUT2D eigenvalue weighted by molar-refractivity contribution is 5.85. The number of nitriles is 1. The minimum absolute atomic E-state index is 0.295. The summed E-state index contributed by atoms with van der Waals surface area (Å²) >= 11 is 0. The van der Waals surface area contributed by atoms with Crippen LogP contribution in [0.15, 0.2) is 24.3 Å². The Bertz CT molecular complexity index is 821. The Hall–Kier alpha value is -2.68. The Morgan fingerprint density at radius 3 is 2.18 bits per heavy atom. The number of benzene rings is 1. The number of carbonyl (C=O) groups is 1. The van der Waals surface area contributed by atoms with Crippen LogP contribution in [0.4, 0.5) is 5.82 Å². The first kappa shape index (κ1) is 21.6. The standard InChI is InChI=1S/C22H30N4O2/c1-5-7-13-26(14-8-6-2)21-20(17(15-23)22(27)28-16(3)4)24-18-11-9-10-12-19(18)25-21/h9-12,16-17H,5-8,13-14H2,1-4H3. The Morgan fingerprint density at radius 1 is 1.11 bits per heavy atom. The number of fused-ring (bicyclic) bond motifs is 1. The van der Waals surface area contributed by atoms with Crippen molar-refractivity contribution in [3.05, 3.63) is 30.0 Å². The first-order valence-electron chi connectivity index (χ1n) is 10.1. The molecule has 6 nitrogen and oxygen atoms in total. The Labute approximate surface area is 167 Å². The Balaban J connectivity index is 2.58. The third kappa shape index (κ3) is 5.41. The lowest BCUT2D eigenvalue weighted by Gasteiger charge is -2.26. The van der Waals surface area contributed by atoms with Crippen LogP contribution >= 0.6 is 0 Å². The van der Waals surface area contributed by atoms with Crippen molar-refractivity contribution in [1.29, 1.82) is 5.26 Å². The van der Waals surface area contributed by atoms with Gasteiger partial charge in [-0.1, -0.05) is 38.8 Å². The second-order valence-electron chi connectivity index (χ2n) is 7.16. The van der Waals surface area contributed by atoms with Crippen molar-refractivity contribution in [3.8, 4) is 6.07 Å². The minimum Gasteiger partial charge on any atom is -0.462 e. The predicted molar refractivity (Wildman–Crippen MR) is 111 cm³/mol. The molecule has 0 N–H and O–H groups in total. The number of rotatable bonds is 10. The number of unbranched alkanes of at least 4 members (excludes halogenated alkanes) is 2. The third-order valence-electron chi connectivity index (χ3n) is 4.43. The highest BCUT2D eigenvalue weighted by Gasteiger charge is 2.30. The number of nitrogens with zero attached hydrogens (tertiary/aromatic N) is 4. The molecule has 0 saturated carbocycles. The predicted octanol–water partition coefficient (Wildman–Crippen LogP) is 4.60. The molecule has 0 bridgehead atoms. The summed E-state index contributed by atoms with van der Waals surface area (Å²) in [6, 6.07) is 9.63. The van der Waals surface area contributed by atoms with Crippen molar-refractivity contribution in [1.82, 2.24) is 9.97 Å². The number of para-hydroxylation sites is 2. The number of aromatic nitrogens is 2. The zero-order valence-electron chi connectivity index (χ0n) is 17.3. The van der Waals surface area contributed by atoms with Gasteiger partial charge in [0.2, 0.25) is 0 Å². The fourth-order valence-corrected chi connectivity index (χ4v) is 2.98. The number of hydrogen-bond donors (Lipinski definition) is 0. The van der Waals surface area contributed by atoms with Crippen LogP contribution in [0.3, 0.4) is 0 Å².